The molecule has 0 radical (unpaired) electrons. The first-order valence-corrected chi connectivity index (χ1v) is 6.47. The number of carbonyl (C=O) groups is 1. The van der Waals surface area contributed by atoms with Crippen LogP contribution in [0.15, 0.2) is 30.5 Å². The Morgan fingerprint density at radius 1 is 1.26 bits per heavy atom. The molecule has 0 saturated heterocycles. The van der Waals surface area contributed by atoms with Crippen molar-refractivity contribution in [1.82, 2.24) is 9.55 Å². The first-order valence-electron chi connectivity index (χ1n) is 6.47. The van der Waals surface area contributed by atoms with Crippen LogP contribution in [0.3, 0.4) is 0 Å². The molecule has 0 aliphatic carbocycles. The van der Waals surface area contributed by atoms with Crippen LogP contribution in [0, 0.1) is 6.92 Å². The molecule has 4 heteroatoms. The lowest BCUT2D eigenvalue weighted by molar-refractivity contribution is 0.0506. The number of carbonyl (C=O) groups excluding carboxylic acids is 1. The molecule has 100 valence electrons. The van der Waals surface area contributed by atoms with Gasteiger partial charge >= 0.3 is 5.97 Å². The zero-order valence-electron chi connectivity index (χ0n) is 11.5. The van der Waals surface area contributed by atoms with Crippen LogP contribution in [0.2, 0.25) is 0 Å². The molecule has 2 rings (SSSR count). The maximum atomic E-state index is 11.8. The van der Waals surface area contributed by atoms with E-state index in [0.29, 0.717) is 19.0 Å². The van der Waals surface area contributed by atoms with Crippen LogP contribution in [0.25, 0.3) is 11.3 Å². The number of ether oxygens (including phenoxy) is 1. The second-order valence-electron chi connectivity index (χ2n) is 4.32. The summed E-state index contributed by atoms with van der Waals surface area (Å²) < 4.78 is 6.83. The highest BCUT2D eigenvalue weighted by Gasteiger charge is 2.16. The molecule has 2 aromatic rings. The van der Waals surface area contributed by atoms with Gasteiger partial charge in [0.2, 0.25) is 5.82 Å². The van der Waals surface area contributed by atoms with E-state index >= 15 is 0 Å². The monoisotopic (exact) mass is 258 g/mol. The van der Waals surface area contributed by atoms with Crippen LogP contribution in [0.4, 0.5) is 0 Å². The molecular formula is C15H18N2O2. The van der Waals surface area contributed by atoms with Gasteiger partial charge in [0.25, 0.3) is 0 Å². The fourth-order valence-corrected chi connectivity index (χ4v) is 1.88. The van der Waals surface area contributed by atoms with Crippen LogP contribution >= 0.6 is 0 Å². The van der Waals surface area contributed by atoms with E-state index in [0.717, 1.165) is 11.3 Å². The molecule has 0 N–H and O–H groups in total. The smallest absolute Gasteiger partial charge is 0.374 e. The molecule has 0 spiro atoms. The maximum absolute atomic E-state index is 11.8. The fourth-order valence-electron chi connectivity index (χ4n) is 1.88. The van der Waals surface area contributed by atoms with E-state index in [-0.39, 0.29) is 5.97 Å². The van der Waals surface area contributed by atoms with E-state index in [1.807, 2.05) is 48.9 Å². The third kappa shape index (κ3) is 2.84. The molecule has 0 bridgehead atoms. The number of rotatable bonds is 4. The van der Waals surface area contributed by atoms with Crippen LogP contribution in [0.1, 0.15) is 30.0 Å². The summed E-state index contributed by atoms with van der Waals surface area (Å²) in [7, 11) is 0. The van der Waals surface area contributed by atoms with Crippen LogP contribution in [0.5, 0.6) is 0 Å². The summed E-state index contributed by atoms with van der Waals surface area (Å²) in [5.74, 6) is -0.0114. The zero-order chi connectivity index (χ0) is 13.8. The Morgan fingerprint density at radius 3 is 2.53 bits per heavy atom. The topological polar surface area (TPSA) is 44.1 Å². The van der Waals surface area contributed by atoms with Gasteiger partial charge in [-0.15, -0.1) is 0 Å². The summed E-state index contributed by atoms with van der Waals surface area (Å²) in [6, 6.07) is 8.08. The highest BCUT2D eigenvalue weighted by Crippen LogP contribution is 2.19. The molecule has 0 saturated carbocycles. The van der Waals surface area contributed by atoms with Gasteiger partial charge in [0.15, 0.2) is 0 Å². The van der Waals surface area contributed by atoms with Crippen molar-refractivity contribution in [2.45, 2.75) is 27.3 Å². The molecule has 0 aliphatic rings. The lowest BCUT2D eigenvalue weighted by Crippen LogP contribution is -2.12. The Labute approximate surface area is 113 Å². The lowest BCUT2D eigenvalue weighted by Gasteiger charge is -2.02. The largest absolute Gasteiger partial charge is 0.460 e. The Bertz CT molecular complexity index is 570. The summed E-state index contributed by atoms with van der Waals surface area (Å²) in [5, 5.41) is 0. The first kappa shape index (κ1) is 13.3. The minimum Gasteiger partial charge on any atom is -0.460 e. The van der Waals surface area contributed by atoms with Crippen LogP contribution < -0.4 is 0 Å². The van der Waals surface area contributed by atoms with Gasteiger partial charge in [0.1, 0.15) is 0 Å². The summed E-state index contributed by atoms with van der Waals surface area (Å²) in [6.45, 7) is 6.85. The van der Waals surface area contributed by atoms with Crippen molar-refractivity contribution in [3.05, 3.63) is 41.9 Å². The average Bonchev–Trinajstić information content (AvgIpc) is 2.84. The van der Waals surface area contributed by atoms with Gasteiger partial charge in [-0.1, -0.05) is 29.8 Å². The van der Waals surface area contributed by atoms with Crippen molar-refractivity contribution in [2.24, 2.45) is 0 Å². The quantitative estimate of drug-likeness (QED) is 0.792. The van der Waals surface area contributed by atoms with Crippen molar-refractivity contribution in [2.75, 3.05) is 6.61 Å². The van der Waals surface area contributed by atoms with E-state index in [4.69, 9.17) is 4.74 Å². The molecule has 0 atom stereocenters. The Hall–Kier alpha value is -2.10. The molecular weight excluding hydrogens is 240 g/mol. The summed E-state index contributed by atoms with van der Waals surface area (Å²) in [4.78, 5) is 16.2. The number of aryl methyl sites for hydroxylation is 2. The standard InChI is InChI=1S/C15H18N2O2/c1-4-17-10-13(12-8-6-11(3)7-9-12)16-14(17)15(18)19-5-2/h6-10H,4-5H2,1-3H3. The highest BCUT2D eigenvalue weighted by atomic mass is 16.5. The summed E-state index contributed by atoms with van der Waals surface area (Å²) >= 11 is 0. The van der Waals surface area contributed by atoms with Gasteiger partial charge in [-0.3, -0.25) is 0 Å². The van der Waals surface area contributed by atoms with E-state index in [1.54, 1.807) is 6.92 Å². The SMILES string of the molecule is CCOC(=O)c1nc(-c2ccc(C)cc2)cn1CC. The number of nitrogens with zero attached hydrogens (tertiary/aromatic N) is 2. The normalized spacial score (nSPS) is 10.5. The second-order valence-corrected chi connectivity index (χ2v) is 4.32. The molecule has 0 amide bonds. The molecule has 0 aliphatic heterocycles. The van der Waals surface area contributed by atoms with E-state index in [9.17, 15) is 4.79 Å². The van der Waals surface area contributed by atoms with Crippen molar-refractivity contribution < 1.29 is 9.53 Å². The number of aromatic nitrogens is 2. The van der Waals surface area contributed by atoms with Crippen LogP contribution in [-0.4, -0.2) is 22.1 Å². The van der Waals surface area contributed by atoms with E-state index in [2.05, 4.69) is 4.98 Å². The fraction of sp³-hybridized carbons (Fsp3) is 0.333. The van der Waals surface area contributed by atoms with Gasteiger partial charge in [-0.05, 0) is 20.8 Å². The second kappa shape index (κ2) is 5.69. The molecule has 4 nitrogen and oxygen atoms in total. The minimum atomic E-state index is -0.372. The Kier molecular flexibility index (Phi) is 4.00. The number of benzene rings is 1. The summed E-state index contributed by atoms with van der Waals surface area (Å²) in [5.41, 5.74) is 3.00. The average molecular weight is 258 g/mol. The number of hydrogen-bond acceptors (Lipinski definition) is 3. The van der Waals surface area contributed by atoms with E-state index < -0.39 is 0 Å². The third-order valence-electron chi connectivity index (χ3n) is 2.92. The van der Waals surface area contributed by atoms with E-state index in [1.165, 1.54) is 5.56 Å². The number of esters is 1. The van der Waals surface area contributed by atoms with Gasteiger partial charge in [0, 0.05) is 18.3 Å². The summed E-state index contributed by atoms with van der Waals surface area (Å²) in [6.07, 6.45) is 1.89. The Balaban J connectivity index is 2.38. The molecule has 0 unspecified atom stereocenters. The third-order valence-corrected chi connectivity index (χ3v) is 2.92. The number of hydrogen-bond donors (Lipinski definition) is 0. The zero-order valence-corrected chi connectivity index (χ0v) is 11.5. The molecule has 1 heterocycles. The van der Waals surface area contributed by atoms with Gasteiger partial charge in [-0.25, -0.2) is 9.78 Å². The number of imidazole rings is 1. The first-order chi connectivity index (χ1) is 9.15. The van der Waals surface area contributed by atoms with Gasteiger partial charge in [0.05, 0.1) is 12.3 Å². The minimum absolute atomic E-state index is 0.356. The molecule has 0 fully saturated rings. The van der Waals surface area contributed by atoms with Crippen LogP contribution in [-0.2, 0) is 11.3 Å². The molecule has 19 heavy (non-hydrogen) atoms. The van der Waals surface area contributed by atoms with Gasteiger partial charge < -0.3 is 9.30 Å². The maximum Gasteiger partial charge on any atom is 0.374 e. The van der Waals surface area contributed by atoms with Crippen molar-refractivity contribution in [1.29, 1.82) is 0 Å². The lowest BCUT2D eigenvalue weighted by atomic mass is 10.1. The van der Waals surface area contributed by atoms with Gasteiger partial charge in [-0.2, -0.15) is 0 Å². The molecule has 1 aromatic carbocycles. The predicted octanol–water partition coefficient (Wildman–Crippen LogP) is 3.06. The highest BCUT2D eigenvalue weighted by molar-refractivity contribution is 5.86. The van der Waals surface area contributed by atoms with Crippen molar-refractivity contribution in [3.8, 4) is 11.3 Å². The van der Waals surface area contributed by atoms with Crippen molar-refractivity contribution >= 4 is 5.97 Å². The van der Waals surface area contributed by atoms with Crippen molar-refractivity contribution in [3.63, 3.8) is 0 Å². The predicted molar refractivity (Wildman–Crippen MR) is 74.0 cm³/mol. The molecule has 1 aromatic heterocycles. The Morgan fingerprint density at radius 2 is 1.95 bits per heavy atom.